The van der Waals surface area contributed by atoms with Crippen molar-refractivity contribution in [1.82, 2.24) is 9.36 Å². The normalized spacial score (nSPS) is 10.1. The maximum absolute atomic E-state index is 5.03. The van der Waals surface area contributed by atoms with Crippen molar-refractivity contribution in [3.63, 3.8) is 0 Å². The van der Waals surface area contributed by atoms with Crippen LogP contribution < -0.4 is 4.74 Å². The van der Waals surface area contributed by atoms with Crippen LogP contribution >= 0.6 is 23.8 Å². The second-order valence-electron chi connectivity index (χ2n) is 2.66. The molecule has 2 heterocycles. The molecular formula is C9H8N2OS2. The Balaban J connectivity index is 2.44. The first kappa shape index (κ1) is 9.36. The minimum atomic E-state index is 0.633. The van der Waals surface area contributed by atoms with Crippen molar-refractivity contribution in [3.05, 3.63) is 28.9 Å². The minimum absolute atomic E-state index is 0.633. The van der Waals surface area contributed by atoms with Crippen LogP contribution in [0.1, 0.15) is 0 Å². The molecule has 0 aromatic carbocycles. The molecule has 0 bridgehead atoms. The van der Waals surface area contributed by atoms with Gasteiger partial charge in [-0.2, -0.15) is 4.37 Å². The van der Waals surface area contributed by atoms with Crippen molar-refractivity contribution in [1.29, 1.82) is 0 Å². The van der Waals surface area contributed by atoms with Crippen LogP contribution in [0.25, 0.3) is 10.6 Å². The van der Waals surface area contributed by atoms with Gasteiger partial charge in [0.2, 0.25) is 5.88 Å². The van der Waals surface area contributed by atoms with Crippen LogP contribution in [0.3, 0.4) is 0 Å². The first-order valence-electron chi connectivity index (χ1n) is 4.00. The van der Waals surface area contributed by atoms with Crippen LogP contribution in [0.4, 0.5) is 0 Å². The number of hydrogen-bond acceptors (Lipinski definition) is 4. The number of aromatic nitrogens is 2. The largest absolute Gasteiger partial charge is 0.480 e. The molecule has 2 aromatic heterocycles. The van der Waals surface area contributed by atoms with Crippen molar-refractivity contribution in [3.8, 4) is 16.5 Å². The van der Waals surface area contributed by atoms with E-state index in [0.29, 0.717) is 5.88 Å². The van der Waals surface area contributed by atoms with Crippen molar-refractivity contribution in [2.24, 2.45) is 0 Å². The molecule has 0 radical (unpaired) electrons. The molecule has 72 valence electrons. The van der Waals surface area contributed by atoms with Crippen LogP contribution in [0, 0.1) is 4.64 Å². The number of hydrogen-bond donors (Lipinski definition) is 1. The number of methoxy groups -OCH3 is 1. The van der Waals surface area contributed by atoms with Crippen molar-refractivity contribution in [2.75, 3.05) is 7.11 Å². The fourth-order valence-electron chi connectivity index (χ4n) is 1.07. The molecule has 0 saturated heterocycles. The fraction of sp³-hybridized carbons (Fsp3) is 0.111. The van der Waals surface area contributed by atoms with Gasteiger partial charge in [-0.25, -0.2) is 0 Å². The molecule has 0 aliphatic carbocycles. The van der Waals surface area contributed by atoms with Crippen LogP contribution in [0.2, 0.25) is 0 Å². The van der Waals surface area contributed by atoms with Gasteiger partial charge < -0.3 is 9.72 Å². The zero-order valence-electron chi connectivity index (χ0n) is 7.48. The summed E-state index contributed by atoms with van der Waals surface area (Å²) in [6, 6.07) is 7.60. The van der Waals surface area contributed by atoms with Crippen LogP contribution in [-0.2, 0) is 0 Å². The lowest BCUT2D eigenvalue weighted by Crippen LogP contribution is -1.80. The highest BCUT2D eigenvalue weighted by Crippen LogP contribution is 2.25. The van der Waals surface area contributed by atoms with Gasteiger partial charge >= 0.3 is 0 Å². The van der Waals surface area contributed by atoms with E-state index in [4.69, 9.17) is 17.0 Å². The van der Waals surface area contributed by atoms with E-state index in [1.165, 1.54) is 11.5 Å². The molecule has 3 nitrogen and oxygen atoms in total. The van der Waals surface area contributed by atoms with E-state index < -0.39 is 0 Å². The Morgan fingerprint density at radius 1 is 1.50 bits per heavy atom. The van der Waals surface area contributed by atoms with Gasteiger partial charge in [0.15, 0.2) is 0 Å². The Bertz CT molecular complexity index is 489. The summed E-state index contributed by atoms with van der Waals surface area (Å²) in [5.74, 6) is 0.633. The second-order valence-corrected chi connectivity index (χ2v) is 3.91. The van der Waals surface area contributed by atoms with Crippen LogP contribution in [0.5, 0.6) is 5.88 Å². The topological polar surface area (TPSA) is 37.9 Å². The molecule has 1 N–H and O–H groups in total. The maximum atomic E-state index is 5.03. The van der Waals surface area contributed by atoms with Gasteiger partial charge in [-0.15, -0.1) is 0 Å². The third-order valence-electron chi connectivity index (χ3n) is 1.73. The molecule has 0 aliphatic heterocycles. The van der Waals surface area contributed by atoms with Gasteiger partial charge in [-0.3, -0.25) is 0 Å². The Morgan fingerprint density at radius 3 is 3.00 bits per heavy atom. The summed E-state index contributed by atoms with van der Waals surface area (Å²) in [5, 5.41) is 0. The van der Waals surface area contributed by atoms with Crippen molar-refractivity contribution >= 4 is 23.8 Å². The van der Waals surface area contributed by atoms with Crippen molar-refractivity contribution in [2.45, 2.75) is 0 Å². The van der Waals surface area contributed by atoms with E-state index in [-0.39, 0.29) is 0 Å². The van der Waals surface area contributed by atoms with E-state index >= 15 is 0 Å². The molecular weight excluding hydrogens is 216 g/mol. The number of ether oxygens (including phenoxy) is 1. The lowest BCUT2D eigenvalue weighted by atomic mass is 10.3. The summed E-state index contributed by atoms with van der Waals surface area (Å²) < 4.78 is 9.83. The molecule has 14 heavy (non-hydrogen) atoms. The molecule has 0 fully saturated rings. The average molecular weight is 224 g/mol. The highest BCUT2D eigenvalue weighted by molar-refractivity contribution is 7.71. The van der Waals surface area contributed by atoms with E-state index in [1.807, 2.05) is 24.3 Å². The predicted molar refractivity (Wildman–Crippen MR) is 59.3 cm³/mol. The number of rotatable bonds is 2. The van der Waals surface area contributed by atoms with Gasteiger partial charge in [0, 0.05) is 6.07 Å². The lowest BCUT2D eigenvalue weighted by Gasteiger charge is -1.94. The first-order valence-corrected chi connectivity index (χ1v) is 5.18. The average Bonchev–Trinajstić information content (AvgIpc) is 2.66. The third kappa shape index (κ3) is 1.83. The SMILES string of the molecule is COc1cc(-c2cccc(=S)[nH]2)sn1. The molecule has 2 aromatic rings. The Kier molecular flexibility index (Phi) is 2.60. The van der Waals surface area contributed by atoms with Crippen molar-refractivity contribution < 1.29 is 4.74 Å². The van der Waals surface area contributed by atoms with Gasteiger partial charge in [0.25, 0.3) is 0 Å². The zero-order valence-corrected chi connectivity index (χ0v) is 9.11. The number of H-pyrrole nitrogens is 1. The molecule has 0 saturated carbocycles. The highest BCUT2D eigenvalue weighted by Gasteiger charge is 2.03. The third-order valence-corrected chi connectivity index (χ3v) is 2.78. The van der Waals surface area contributed by atoms with Gasteiger partial charge in [0.05, 0.1) is 17.7 Å². The number of aromatic amines is 1. The van der Waals surface area contributed by atoms with Crippen LogP contribution in [0.15, 0.2) is 24.3 Å². The molecule has 2 rings (SSSR count). The number of nitrogens with zero attached hydrogens (tertiary/aromatic N) is 1. The van der Waals surface area contributed by atoms with E-state index in [2.05, 4.69) is 9.36 Å². The monoisotopic (exact) mass is 224 g/mol. The Labute approximate surface area is 90.5 Å². The molecule has 5 heteroatoms. The highest BCUT2D eigenvalue weighted by atomic mass is 32.1. The molecule has 0 atom stereocenters. The van der Waals surface area contributed by atoms with Gasteiger partial charge in [-0.1, -0.05) is 18.3 Å². The smallest absolute Gasteiger partial charge is 0.225 e. The summed E-state index contributed by atoms with van der Waals surface area (Å²) in [4.78, 5) is 4.11. The van der Waals surface area contributed by atoms with Gasteiger partial charge in [-0.05, 0) is 23.7 Å². The molecule has 0 unspecified atom stereocenters. The molecule has 0 amide bonds. The summed E-state index contributed by atoms with van der Waals surface area (Å²) in [7, 11) is 1.60. The summed E-state index contributed by atoms with van der Waals surface area (Å²) >= 11 is 6.42. The predicted octanol–water partition coefficient (Wildman–Crippen LogP) is 2.88. The van der Waals surface area contributed by atoms with E-state index in [9.17, 15) is 0 Å². The summed E-state index contributed by atoms with van der Waals surface area (Å²) in [6.45, 7) is 0. The quantitative estimate of drug-likeness (QED) is 0.797. The van der Waals surface area contributed by atoms with Gasteiger partial charge in [0.1, 0.15) is 4.64 Å². The van der Waals surface area contributed by atoms with E-state index in [0.717, 1.165) is 15.2 Å². The zero-order chi connectivity index (χ0) is 9.97. The fourth-order valence-corrected chi connectivity index (χ4v) is 1.95. The number of pyridine rings is 1. The maximum Gasteiger partial charge on any atom is 0.225 e. The Hall–Kier alpha value is -1.20. The first-order chi connectivity index (χ1) is 6.79. The van der Waals surface area contributed by atoms with Crippen LogP contribution in [-0.4, -0.2) is 16.5 Å². The number of nitrogens with one attached hydrogen (secondary N) is 1. The van der Waals surface area contributed by atoms with E-state index in [1.54, 1.807) is 7.11 Å². The molecule has 0 aliphatic rings. The minimum Gasteiger partial charge on any atom is -0.480 e. The summed E-state index contributed by atoms with van der Waals surface area (Å²) in [6.07, 6.45) is 0. The summed E-state index contributed by atoms with van der Waals surface area (Å²) in [5.41, 5.74) is 0.971. The standard InChI is InChI=1S/C9H8N2OS2/c1-12-8-5-7(14-11-8)6-3-2-4-9(13)10-6/h2-5H,1H3,(H,10,13). The Morgan fingerprint density at radius 2 is 2.36 bits per heavy atom. The molecule has 0 spiro atoms. The lowest BCUT2D eigenvalue weighted by molar-refractivity contribution is 0.403. The second kappa shape index (κ2) is 3.89.